The second kappa shape index (κ2) is 9.57. The van der Waals surface area contributed by atoms with Crippen molar-refractivity contribution < 1.29 is 14.6 Å². The molecule has 1 aliphatic heterocycles. The normalized spacial score (nSPS) is 13.8. The summed E-state index contributed by atoms with van der Waals surface area (Å²) < 4.78 is 5.95. The van der Waals surface area contributed by atoms with Gasteiger partial charge in [0.25, 0.3) is 0 Å². The summed E-state index contributed by atoms with van der Waals surface area (Å²) in [5.41, 5.74) is 8.40. The molecule has 0 radical (unpaired) electrons. The van der Waals surface area contributed by atoms with Crippen molar-refractivity contribution in [1.29, 1.82) is 0 Å². The van der Waals surface area contributed by atoms with Crippen LogP contribution in [0.15, 0.2) is 54.6 Å². The number of piperazine rings is 1. The number of carbonyl (C=O) groups is 1. The molecule has 172 valence electrons. The summed E-state index contributed by atoms with van der Waals surface area (Å²) in [5, 5.41) is 9.82. The standard InChI is InChI=1S/C28H32N2O3/c1-19-8-9-21(3)23(16-19)18-33-27-11-10-24(17-25(27)28(31)32)29-12-14-30(15-13-29)26-7-5-6-20(2)22(26)4/h5-11,16-17H,12-15,18H2,1-4H3,(H,31,32). The molecule has 1 N–H and O–H groups in total. The Kier molecular flexibility index (Phi) is 6.59. The van der Waals surface area contributed by atoms with Gasteiger partial charge in [-0.15, -0.1) is 0 Å². The molecular weight excluding hydrogens is 412 g/mol. The zero-order chi connectivity index (χ0) is 23.5. The summed E-state index contributed by atoms with van der Waals surface area (Å²) in [7, 11) is 0. The minimum absolute atomic E-state index is 0.203. The molecule has 0 saturated carbocycles. The Balaban J connectivity index is 1.47. The summed E-state index contributed by atoms with van der Waals surface area (Å²) in [5.74, 6) is -0.567. The lowest BCUT2D eigenvalue weighted by Gasteiger charge is -2.38. The number of aromatic carboxylic acids is 1. The van der Waals surface area contributed by atoms with Gasteiger partial charge >= 0.3 is 5.97 Å². The molecule has 1 fully saturated rings. The second-order valence-corrected chi connectivity index (χ2v) is 8.90. The highest BCUT2D eigenvalue weighted by atomic mass is 16.5. The van der Waals surface area contributed by atoms with E-state index in [1.807, 2.05) is 19.9 Å². The maximum absolute atomic E-state index is 12.0. The molecule has 0 aliphatic carbocycles. The van der Waals surface area contributed by atoms with Crippen LogP contribution in [0.2, 0.25) is 0 Å². The minimum Gasteiger partial charge on any atom is -0.488 e. The zero-order valence-electron chi connectivity index (χ0n) is 19.9. The van der Waals surface area contributed by atoms with Crippen LogP contribution in [-0.4, -0.2) is 37.3 Å². The van der Waals surface area contributed by atoms with Gasteiger partial charge in [0, 0.05) is 37.6 Å². The number of carboxylic acid groups (broad SMARTS) is 1. The average Bonchev–Trinajstić information content (AvgIpc) is 2.81. The Hall–Kier alpha value is -3.47. The van der Waals surface area contributed by atoms with Crippen LogP contribution in [0.1, 0.15) is 38.2 Å². The van der Waals surface area contributed by atoms with Crippen molar-refractivity contribution in [3.05, 3.63) is 88.0 Å². The van der Waals surface area contributed by atoms with Gasteiger partial charge in [-0.2, -0.15) is 0 Å². The summed E-state index contributed by atoms with van der Waals surface area (Å²) in [6.07, 6.45) is 0. The number of anilines is 2. The maximum Gasteiger partial charge on any atom is 0.339 e. The maximum atomic E-state index is 12.0. The van der Waals surface area contributed by atoms with E-state index in [0.29, 0.717) is 12.4 Å². The fourth-order valence-corrected chi connectivity index (χ4v) is 4.40. The predicted octanol–water partition coefficient (Wildman–Crippen LogP) is 5.52. The highest BCUT2D eigenvalue weighted by Gasteiger charge is 2.21. The van der Waals surface area contributed by atoms with E-state index >= 15 is 0 Å². The van der Waals surface area contributed by atoms with E-state index in [1.54, 1.807) is 12.1 Å². The average molecular weight is 445 g/mol. The molecule has 1 saturated heterocycles. The molecule has 0 amide bonds. The van der Waals surface area contributed by atoms with Crippen LogP contribution < -0.4 is 14.5 Å². The number of ether oxygens (including phenoxy) is 1. The number of rotatable bonds is 6. The summed E-state index contributed by atoms with van der Waals surface area (Å²) in [6, 6.07) is 18.2. The molecule has 3 aromatic carbocycles. The number of benzene rings is 3. The number of hydrogen-bond acceptors (Lipinski definition) is 4. The van der Waals surface area contributed by atoms with Crippen molar-refractivity contribution in [1.82, 2.24) is 0 Å². The zero-order valence-corrected chi connectivity index (χ0v) is 19.9. The van der Waals surface area contributed by atoms with E-state index in [1.165, 1.54) is 16.8 Å². The Bertz CT molecular complexity index is 1160. The molecule has 0 spiro atoms. The van der Waals surface area contributed by atoms with Gasteiger partial charge in [0.1, 0.15) is 17.9 Å². The summed E-state index contributed by atoms with van der Waals surface area (Å²) in [6.45, 7) is 12.2. The number of carboxylic acids is 1. The first kappa shape index (κ1) is 22.7. The first-order valence-electron chi connectivity index (χ1n) is 11.5. The first-order chi connectivity index (χ1) is 15.8. The smallest absolute Gasteiger partial charge is 0.339 e. The third kappa shape index (κ3) is 4.98. The molecule has 5 heteroatoms. The number of aryl methyl sites for hydroxylation is 3. The summed E-state index contributed by atoms with van der Waals surface area (Å²) in [4.78, 5) is 16.7. The Morgan fingerprint density at radius 3 is 2.33 bits per heavy atom. The molecular formula is C28H32N2O3. The number of nitrogens with zero attached hydrogens (tertiary/aromatic N) is 2. The van der Waals surface area contributed by atoms with Crippen LogP contribution >= 0.6 is 0 Å². The lowest BCUT2D eigenvalue weighted by atomic mass is 10.1. The molecule has 0 bridgehead atoms. The highest BCUT2D eigenvalue weighted by Crippen LogP contribution is 2.29. The molecule has 1 heterocycles. The van der Waals surface area contributed by atoms with Gasteiger partial charge in [0.15, 0.2) is 0 Å². The van der Waals surface area contributed by atoms with E-state index in [-0.39, 0.29) is 5.56 Å². The van der Waals surface area contributed by atoms with Crippen molar-refractivity contribution >= 4 is 17.3 Å². The van der Waals surface area contributed by atoms with Crippen molar-refractivity contribution in [3.8, 4) is 5.75 Å². The van der Waals surface area contributed by atoms with E-state index in [2.05, 4.69) is 60.0 Å². The predicted molar refractivity (Wildman–Crippen MR) is 134 cm³/mol. The highest BCUT2D eigenvalue weighted by molar-refractivity contribution is 5.92. The quantitative estimate of drug-likeness (QED) is 0.542. The third-order valence-corrected chi connectivity index (χ3v) is 6.64. The minimum atomic E-state index is -0.971. The fraction of sp³-hybridized carbons (Fsp3) is 0.321. The van der Waals surface area contributed by atoms with Crippen molar-refractivity contribution in [2.24, 2.45) is 0 Å². The first-order valence-corrected chi connectivity index (χ1v) is 11.5. The van der Waals surface area contributed by atoms with Crippen molar-refractivity contribution in [3.63, 3.8) is 0 Å². The van der Waals surface area contributed by atoms with E-state index < -0.39 is 5.97 Å². The molecule has 0 unspecified atom stereocenters. The Labute approximate surface area is 196 Å². The monoisotopic (exact) mass is 444 g/mol. The van der Waals surface area contributed by atoms with Gasteiger partial charge < -0.3 is 19.6 Å². The second-order valence-electron chi connectivity index (χ2n) is 8.90. The van der Waals surface area contributed by atoms with Crippen LogP contribution in [-0.2, 0) is 6.61 Å². The molecule has 1 aliphatic rings. The van der Waals surface area contributed by atoms with Gasteiger partial charge in [-0.3, -0.25) is 0 Å². The van der Waals surface area contributed by atoms with Crippen molar-refractivity contribution in [2.75, 3.05) is 36.0 Å². The van der Waals surface area contributed by atoms with Gasteiger partial charge in [-0.05, 0) is 74.2 Å². The molecule has 33 heavy (non-hydrogen) atoms. The molecule has 4 rings (SSSR count). The molecule has 0 aromatic heterocycles. The van der Waals surface area contributed by atoms with Crippen molar-refractivity contribution in [2.45, 2.75) is 34.3 Å². The van der Waals surface area contributed by atoms with Gasteiger partial charge in [0.05, 0.1) is 0 Å². The third-order valence-electron chi connectivity index (χ3n) is 6.64. The van der Waals surface area contributed by atoms with Crippen LogP contribution in [0.4, 0.5) is 11.4 Å². The molecule has 5 nitrogen and oxygen atoms in total. The molecule has 0 atom stereocenters. The Morgan fingerprint density at radius 1 is 0.879 bits per heavy atom. The fourth-order valence-electron chi connectivity index (χ4n) is 4.40. The van der Waals surface area contributed by atoms with Crippen LogP contribution in [0.5, 0.6) is 5.75 Å². The topological polar surface area (TPSA) is 53.0 Å². The number of hydrogen-bond donors (Lipinski definition) is 1. The van der Waals surface area contributed by atoms with Crippen LogP contribution in [0.25, 0.3) is 0 Å². The largest absolute Gasteiger partial charge is 0.488 e. The van der Waals surface area contributed by atoms with E-state index in [9.17, 15) is 9.90 Å². The van der Waals surface area contributed by atoms with Crippen LogP contribution in [0, 0.1) is 27.7 Å². The van der Waals surface area contributed by atoms with Gasteiger partial charge in [0.2, 0.25) is 0 Å². The molecule has 3 aromatic rings. The van der Waals surface area contributed by atoms with Crippen LogP contribution in [0.3, 0.4) is 0 Å². The van der Waals surface area contributed by atoms with Gasteiger partial charge in [-0.1, -0.05) is 35.9 Å². The Morgan fingerprint density at radius 2 is 1.61 bits per heavy atom. The van der Waals surface area contributed by atoms with Gasteiger partial charge in [-0.25, -0.2) is 4.79 Å². The lowest BCUT2D eigenvalue weighted by Crippen LogP contribution is -2.46. The van der Waals surface area contributed by atoms with E-state index in [0.717, 1.165) is 48.6 Å². The summed E-state index contributed by atoms with van der Waals surface area (Å²) >= 11 is 0. The SMILES string of the molecule is Cc1ccc(C)c(COc2ccc(N3CCN(c4cccc(C)c4C)CC3)cc2C(=O)O)c1. The lowest BCUT2D eigenvalue weighted by molar-refractivity contribution is 0.0691. The van der Waals surface area contributed by atoms with E-state index in [4.69, 9.17) is 4.74 Å².